The molecule has 0 heterocycles. The highest BCUT2D eigenvalue weighted by Crippen LogP contribution is 2.03. The lowest BCUT2D eigenvalue weighted by Gasteiger charge is -2.17. The zero-order valence-electron chi connectivity index (χ0n) is 9.01. The van der Waals surface area contributed by atoms with Gasteiger partial charge in [-0.3, -0.25) is 4.79 Å². The summed E-state index contributed by atoms with van der Waals surface area (Å²) in [6, 6.07) is 0. The third kappa shape index (κ3) is 8.31. The zero-order valence-corrected chi connectivity index (χ0v) is 9.82. The summed E-state index contributed by atoms with van der Waals surface area (Å²) in [5.74, 6) is 2.43. The first-order valence-corrected chi connectivity index (χ1v) is 6.15. The van der Waals surface area contributed by atoms with Crippen LogP contribution in [0, 0.1) is 0 Å². The SMILES string of the molecule is CCN(CC)CCSCCC(C)=O. The van der Waals surface area contributed by atoms with Gasteiger partial charge in [0, 0.05) is 24.5 Å². The second-order valence-electron chi connectivity index (χ2n) is 3.09. The molecule has 0 radical (unpaired) electrons. The van der Waals surface area contributed by atoms with Crippen LogP contribution < -0.4 is 0 Å². The molecule has 0 aliphatic rings. The molecule has 0 unspecified atom stereocenters. The first-order valence-electron chi connectivity index (χ1n) is 5.00. The van der Waals surface area contributed by atoms with Gasteiger partial charge in [-0.1, -0.05) is 13.8 Å². The van der Waals surface area contributed by atoms with Gasteiger partial charge in [0.15, 0.2) is 0 Å². The summed E-state index contributed by atoms with van der Waals surface area (Å²) in [5, 5.41) is 0. The van der Waals surface area contributed by atoms with Crippen LogP contribution in [0.2, 0.25) is 0 Å². The Morgan fingerprint density at radius 3 is 2.31 bits per heavy atom. The van der Waals surface area contributed by atoms with Crippen molar-refractivity contribution in [3.63, 3.8) is 0 Å². The molecule has 0 bridgehead atoms. The van der Waals surface area contributed by atoms with E-state index >= 15 is 0 Å². The number of nitrogens with zero attached hydrogens (tertiary/aromatic N) is 1. The van der Waals surface area contributed by atoms with Crippen LogP contribution in [-0.2, 0) is 4.79 Å². The number of hydrogen-bond acceptors (Lipinski definition) is 3. The molecule has 0 aliphatic carbocycles. The molecular weight excluding hydrogens is 182 g/mol. The van der Waals surface area contributed by atoms with Gasteiger partial charge in [-0.05, 0) is 20.0 Å². The van der Waals surface area contributed by atoms with E-state index in [1.807, 2.05) is 11.8 Å². The molecule has 2 nitrogen and oxygen atoms in total. The van der Waals surface area contributed by atoms with Gasteiger partial charge in [0.2, 0.25) is 0 Å². The largest absolute Gasteiger partial charge is 0.303 e. The summed E-state index contributed by atoms with van der Waals surface area (Å²) in [7, 11) is 0. The smallest absolute Gasteiger partial charge is 0.130 e. The summed E-state index contributed by atoms with van der Waals surface area (Å²) >= 11 is 1.88. The van der Waals surface area contributed by atoms with Gasteiger partial charge in [0.05, 0.1) is 0 Å². The van der Waals surface area contributed by atoms with Crippen LogP contribution in [-0.4, -0.2) is 41.8 Å². The Morgan fingerprint density at radius 2 is 1.85 bits per heavy atom. The van der Waals surface area contributed by atoms with Gasteiger partial charge in [0.25, 0.3) is 0 Å². The summed E-state index contributed by atoms with van der Waals surface area (Å²) in [5.41, 5.74) is 0. The Morgan fingerprint density at radius 1 is 1.23 bits per heavy atom. The summed E-state index contributed by atoms with van der Waals surface area (Å²) < 4.78 is 0. The molecule has 0 aromatic heterocycles. The van der Waals surface area contributed by atoms with Gasteiger partial charge >= 0.3 is 0 Å². The maximum Gasteiger partial charge on any atom is 0.130 e. The average molecular weight is 203 g/mol. The second kappa shape index (κ2) is 8.57. The van der Waals surface area contributed by atoms with Crippen molar-refractivity contribution < 1.29 is 4.79 Å². The maximum absolute atomic E-state index is 10.6. The highest BCUT2D eigenvalue weighted by atomic mass is 32.2. The molecule has 0 amide bonds. The highest BCUT2D eigenvalue weighted by molar-refractivity contribution is 7.99. The lowest BCUT2D eigenvalue weighted by molar-refractivity contribution is -0.116. The Kier molecular flexibility index (Phi) is 8.56. The average Bonchev–Trinajstić information content (AvgIpc) is 2.11. The molecule has 0 atom stereocenters. The van der Waals surface area contributed by atoms with Crippen LogP contribution in [0.4, 0.5) is 0 Å². The van der Waals surface area contributed by atoms with Gasteiger partial charge in [-0.25, -0.2) is 0 Å². The lowest BCUT2D eigenvalue weighted by Crippen LogP contribution is -2.25. The minimum atomic E-state index is 0.301. The Balaban J connectivity index is 3.19. The van der Waals surface area contributed by atoms with Crippen molar-refractivity contribution in [1.29, 1.82) is 0 Å². The van der Waals surface area contributed by atoms with Gasteiger partial charge in [-0.15, -0.1) is 0 Å². The minimum Gasteiger partial charge on any atom is -0.303 e. The van der Waals surface area contributed by atoms with Crippen molar-refractivity contribution in [2.75, 3.05) is 31.1 Å². The maximum atomic E-state index is 10.6. The van der Waals surface area contributed by atoms with E-state index in [4.69, 9.17) is 0 Å². The number of thioether (sulfide) groups is 1. The third-order valence-corrected chi connectivity index (χ3v) is 3.01. The predicted octanol–water partition coefficient (Wildman–Crippen LogP) is 2.04. The van der Waals surface area contributed by atoms with E-state index in [2.05, 4.69) is 18.7 Å². The molecule has 0 saturated carbocycles. The second-order valence-corrected chi connectivity index (χ2v) is 4.32. The summed E-state index contributed by atoms with van der Waals surface area (Å²) in [6.07, 6.45) is 0.725. The van der Waals surface area contributed by atoms with Crippen LogP contribution in [0.25, 0.3) is 0 Å². The molecule has 3 heteroatoms. The Bertz CT molecular complexity index is 135. The molecule has 78 valence electrons. The molecular formula is C10H21NOS. The first-order chi connectivity index (χ1) is 6.20. The third-order valence-electron chi connectivity index (χ3n) is 2.04. The lowest BCUT2D eigenvalue weighted by atomic mass is 10.4. The number of hydrogen-bond donors (Lipinski definition) is 0. The first kappa shape index (κ1) is 13.0. The van der Waals surface area contributed by atoms with Gasteiger partial charge in [-0.2, -0.15) is 11.8 Å². The molecule has 0 rings (SSSR count). The molecule has 0 N–H and O–H groups in total. The molecule has 13 heavy (non-hydrogen) atoms. The Hall–Kier alpha value is -0.0200. The van der Waals surface area contributed by atoms with Crippen LogP contribution >= 0.6 is 11.8 Å². The number of ketones is 1. The number of rotatable bonds is 8. The fourth-order valence-electron chi connectivity index (χ4n) is 1.05. The topological polar surface area (TPSA) is 20.3 Å². The van der Waals surface area contributed by atoms with Gasteiger partial charge < -0.3 is 4.90 Å². The molecule has 0 spiro atoms. The molecule has 0 saturated heterocycles. The Labute approximate surface area is 86.1 Å². The molecule has 0 aliphatic heterocycles. The molecule has 0 aromatic rings. The monoisotopic (exact) mass is 203 g/mol. The fourth-order valence-corrected chi connectivity index (χ4v) is 2.07. The van der Waals surface area contributed by atoms with E-state index in [1.54, 1.807) is 6.92 Å². The molecule has 0 aromatic carbocycles. The van der Waals surface area contributed by atoms with E-state index in [0.717, 1.165) is 37.6 Å². The van der Waals surface area contributed by atoms with Crippen molar-refractivity contribution in [3.05, 3.63) is 0 Å². The standard InChI is InChI=1S/C10H21NOS/c1-4-11(5-2)7-9-13-8-6-10(3)12/h4-9H2,1-3H3. The quantitative estimate of drug-likeness (QED) is 0.563. The molecule has 0 fully saturated rings. The number of Topliss-reactive ketones (excluding diaryl/α,β-unsaturated/α-hetero) is 1. The summed E-state index contributed by atoms with van der Waals surface area (Å²) in [6.45, 7) is 9.43. The van der Waals surface area contributed by atoms with E-state index in [0.29, 0.717) is 5.78 Å². The van der Waals surface area contributed by atoms with Crippen LogP contribution in [0.15, 0.2) is 0 Å². The number of carbonyl (C=O) groups excluding carboxylic acids is 1. The van der Waals surface area contributed by atoms with E-state index in [1.165, 1.54) is 0 Å². The van der Waals surface area contributed by atoms with Crippen molar-refractivity contribution in [1.82, 2.24) is 4.90 Å². The van der Waals surface area contributed by atoms with Crippen molar-refractivity contribution >= 4 is 17.5 Å². The summed E-state index contributed by atoms with van der Waals surface area (Å²) in [4.78, 5) is 13.0. The fraction of sp³-hybridized carbons (Fsp3) is 0.900. The normalized spacial score (nSPS) is 10.8. The van der Waals surface area contributed by atoms with Crippen molar-refractivity contribution in [2.24, 2.45) is 0 Å². The van der Waals surface area contributed by atoms with Gasteiger partial charge in [0.1, 0.15) is 5.78 Å². The zero-order chi connectivity index (χ0) is 10.1. The number of carbonyl (C=O) groups is 1. The van der Waals surface area contributed by atoms with Crippen LogP contribution in [0.5, 0.6) is 0 Å². The van der Waals surface area contributed by atoms with E-state index in [9.17, 15) is 4.79 Å². The van der Waals surface area contributed by atoms with E-state index in [-0.39, 0.29) is 0 Å². The van der Waals surface area contributed by atoms with Crippen molar-refractivity contribution in [3.8, 4) is 0 Å². The predicted molar refractivity (Wildman–Crippen MR) is 60.4 cm³/mol. The minimum absolute atomic E-state index is 0.301. The van der Waals surface area contributed by atoms with Crippen molar-refractivity contribution in [2.45, 2.75) is 27.2 Å². The van der Waals surface area contributed by atoms with Crippen LogP contribution in [0.3, 0.4) is 0 Å². The van der Waals surface area contributed by atoms with E-state index < -0.39 is 0 Å². The van der Waals surface area contributed by atoms with Crippen LogP contribution in [0.1, 0.15) is 27.2 Å². The highest BCUT2D eigenvalue weighted by Gasteiger charge is 1.98.